The summed E-state index contributed by atoms with van der Waals surface area (Å²) in [6.07, 6.45) is 3.82. The third-order valence-corrected chi connectivity index (χ3v) is 3.33. The highest BCUT2D eigenvalue weighted by Crippen LogP contribution is 2.41. The quantitative estimate of drug-likeness (QED) is 0.860. The molecular weight excluding hydrogens is 256 g/mol. The number of rotatable bonds is 5. The van der Waals surface area contributed by atoms with Gasteiger partial charge in [-0.05, 0) is 19.3 Å². The van der Waals surface area contributed by atoms with Crippen molar-refractivity contribution in [2.24, 2.45) is 5.92 Å². The van der Waals surface area contributed by atoms with Gasteiger partial charge in [-0.25, -0.2) is 23.5 Å². The van der Waals surface area contributed by atoms with Crippen molar-refractivity contribution < 1.29 is 18.7 Å². The Bertz CT molecular complexity index is 451. The number of alkyl halides is 2. The predicted octanol–water partition coefficient (Wildman–Crippen LogP) is 2.41. The Morgan fingerprint density at radius 2 is 2.16 bits per heavy atom. The zero-order valence-electron chi connectivity index (χ0n) is 10.3. The molecule has 0 aliphatic heterocycles. The third-order valence-electron chi connectivity index (χ3n) is 3.33. The summed E-state index contributed by atoms with van der Waals surface area (Å²) in [6.45, 7) is 0.354. The number of hydrogen-bond donors (Lipinski definition) is 2. The lowest BCUT2D eigenvalue weighted by Crippen LogP contribution is -2.24. The van der Waals surface area contributed by atoms with Crippen LogP contribution in [-0.2, 0) is 0 Å². The number of aromatic nitrogens is 2. The van der Waals surface area contributed by atoms with E-state index in [0.29, 0.717) is 25.8 Å². The largest absolute Gasteiger partial charge is 0.478 e. The maximum Gasteiger partial charge on any atom is 0.338 e. The van der Waals surface area contributed by atoms with Crippen molar-refractivity contribution in [3.8, 4) is 0 Å². The first-order chi connectivity index (χ1) is 8.99. The number of carboxylic acids is 1. The summed E-state index contributed by atoms with van der Waals surface area (Å²) < 4.78 is 26.7. The molecule has 1 aromatic rings. The molecule has 1 heterocycles. The van der Waals surface area contributed by atoms with E-state index in [1.54, 1.807) is 0 Å². The van der Waals surface area contributed by atoms with Crippen molar-refractivity contribution in [2.75, 3.05) is 11.9 Å². The average molecular weight is 271 g/mol. The van der Waals surface area contributed by atoms with Crippen LogP contribution in [0.25, 0.3) is 0 Å². The van der Waals surface area contributed by atoms with E-state index in [1.807, 2.05) is 0 Å². The van der Waals surface area contributed by atoms with E-state index in [9.17, 15) is 13.6 Å². The monoisotopic (exact) mass is 271 g/mol. The van der Waals surface area contributed by atoms with Crippen LogP contribution in [0.4, 0.5) is 14.7 Å². The topological polar surface area (TPSA) is 75.1 Å². The SMILES string of the molecule is O=C(O)c1cnc(NCCC2CCCC2(F)F)nc1. The van der Waals surface area contributed by atoms with Crippen LogP contribution in [0.15, 0.2) is 12.4 Å². The van der Waals surface area contributed by atoms with Gasteiger partial charge >= 0.3 is 5.97 Å². The molecule has 5 nitrogen and oxygen atoms in total. The Hall–Kier alpha value is -1.79. The Labute approximate surface area is 109 Å². The van der Waals surface area contributed by atoms with Crippen LogP contribution >= 0.6 is 0 Å². The molecule has 2 rings (SSSR count). The summed E-state index contributed by atoms with van der Waals surface area (Å²) >= 11 is 0. The average Bonchev–Trinajstić information content (AvgIpc) is 2.69. The molecule has 1 aliphatic rings. The number of nitrogens with zero attached hydrogens (tertiary/aromatic N) is 2. The maximum absolute atomic E-state index is 13.4. The summed E-state index contributed by atoms with van der Waals surface area (Å²) in [4.78, 5) is 18.2. The van der Waals surface area contributed by atoms with Crippen LogP contribution in [0.5, 0.6) is 0 Å². The number of carboxylic acid groups (broad SMARTS) is 1. The summed E-state index contributed by atoms with van der Waals surface area (Å²) in [7, 11) is 0. The molecule has 1 aliphatic carbocycles. The minimum absolute atomic E-state index is 0.00660. The van der Waals surface area contributed by atoms with Crippen LogP contribution in [-0.4, -0.2) is 33.5 Å². The van der Waals surface area contributed by atoms with Crippen molar-refractivity contribution in [3.63, 3.8) is 0 Å². The fraction of sp³-hybridized carbons (Fsp3) is 0.583. The maximum atomic E-state index is 13.4. The lowest BCUT2D eigenvalue weighted by atomic mass is 10.0. The van der Waals surface area contributed by atoms with E-state index in [1.165, 1.54) is 12.4 Å². The molecule has 0 radical (unpaired) electrons. The van der Waals surface area contributed by atoms with Crippen LogP contribution in [0.1, 0.15) is 36.0 Å². The van der Waals surface area contributed by atoms with Gasteiger partial charge in [0.15, 0.2) is 0 Å². The second kappa shape index (κ2) is 5.46. The van der Waals surface area contributed by atoms with Gasteiger partial charge in [0.1, 0.15) is 0 Å². The number of anilines is 1. The lowest BCUT2D eigenvalue weighted by molar-refractivity contribution is -0.0381. The van der Waals surface area contributed by atoms with Gasteiger partial charge in [0.2, 0.25) is 5.95 Å². The molecule has 7 heteroatoms. The van der Waals surface area contributed by atoms with Gasteiger partial charge in [0.05, 0.1) is 5.56 Å². The van der Waals surface area contributed by atoms with Crippen molar-refractivity contribution in [3.05, 3.63) is 18.0 Å². The van der Waals surface area contributed by atoms with Crippen LogP contribution in [0, 0.1) is 5.92 Å². The highest BCUT2D eigenvalue weighted by molar-refractivity contribution is 5.86. The number of hydrogen-bond acceptors (Lipinski definition) is 4. The van der Waals surface area contributed by atoms with Crippen LogP contribution in [0.2, 0.25) is 0 Å². The number of nitrogens with one attached hydrogen (secondary N) is 1. The number of aromatic carboxylic acids is 1. The van der Waals surface area contributed by atoms with E-state index in [0.717, 1.165) is 0 Å². The smallest absolute Gasteiger partial charge is 0.338 e. The molecule has 1 unspecified atom stereocenters. The Morgan fingerprint density at radius 3 is 2.68 bits per heavy atom. The van der Waals surface area contributed by atoms with Gasteiger partial charge < -0.3 is 10.4 Å². The molecule has 1 fully saturated rings. The Morgan fingerprint density at radius 1 is 1.47 bits per heavy atom. The first kappa shape index (κ1) is 13.6. The van der Waals surface area contributed by atoms with Crippen molar-refractivity contribution >= 4 is 11.9 Å². The normalized spacial score (nSPS) is 21.3. The van der Waals surface area contributed by atoms with Crippen LogP contribution in [0.3, 0.4) is 0 Å². The summed E-state index contributed by atoms with van der Waals surface area (Å²) in [5.41, 5.74) is -0.00660. The molecule has 2 N–H and O–H groups in total. The lowest BCUT2D eigenvalue weighted by Gasteiger charge is -2.18. The minimum Gasteiger partial charge on any atom is -0.478 e. The van der Waals surface area contributed by atoms with E-state index >= 15 is 0 Å². The molecule has 0 amide bonds. The summed E-state index contributed by atoms with van der Waals surface area (Å²) in [5, 5.41) is 11.5. The number of carbonyl (C=O) groups is 1. The summed E-state index contributed by atoms with van der Waals surface area (Å²) in [6, 6.07) is 0. The molecular formula is C12H15F2N3O2. The second-order valence-electron chi connectivity index (χ2n) is 4.67. The molecule has 1 aromatic heterocycles. The highest BCUT2D eigenvalue weighted by atomic mass is 19.3. The fourth-order valence-corrected chi connectivity index (χ4v) is 2.24. The van der Waals surface area contributed by atoms with Gasteiger partial charge in [-0.3, -0.25) is 0 Å². The van der Waals surface area contributed by atoms with E-state index < -0.39 is 17.8 Å². The molecule has 19 heavy (non-hydrogen) atoms. The van der Waals surface area contributed by atoms with E-state index in [4.69, 9.17) is 5.11 Å². The van der Waals surface area contributed by atoms with Crippen molar-refractivity contribution in [1.29, 1.82) is 0 Å². The van der Waals surface area contributed by atoms with Crippen molar-refractivity contribution in [1.82, 2.24) is 9.97 Å². The third kappa shape index (κ3) is 3.36. The molecule has 104 valence electrons. The standard InChI is InChI=1S/C12H15F2N3O2/c13-12(14)4-1-2-9(12)3-5-15-11-16-6-8(7-17-11)10(18)19/h6-7,9H,1-5H2,(H,18,19)(H,15,16,17). The van der Waals surface area contributed by atoms with Crippen molar-refractivity contribution in [2.45, 2.75) is 31.6 Å². The first-order valence-electron chi connectivity index (χ1n) is 6.16. The Kier molecular flexibility index (Phi) is 3.92. The van der Waals surface area contributed by atoms with Gasteiger partial charge in [0.25, 0.3) is 5.92 Å². The first-order valence-corrected chi connectivity index (χ1v) is 6.16. The predicted molar refractivity (Wildman–Crippen MR) is 64.4 cm³/mol. The highest BCUT2D eigenvalue weighted by Gasteiger charge is 2.42. The molecule has 1 atom stereocenters. The molecule has 0 bridgehead atoms. The van der Waals surface area contributed by atoms with E-state index in [2.05, 4.69) is 15.3 Å². The molecule has 0 spiro atoms. The van der Waals surface area contributed by atoms with Gasteiger partial charge in [-0.2, -0.15) is 0 Å². The Balaban J connectivity index is 1.81. The van der Waals surface area contributed by atoms with Gasteiger partial charge in [0, 0.05) is 31.3 Å². The zero-order chi connectivity index (χ0) is 13.9. The fourth-order valence-electron chi connectivity index (χ4n) is 2.24. The minimum atomic E-state index is -2.56. The van der Waals surface area contributed by atoms with Crippen LogP contribution < -0.4 is 5.32 Å². The molecule has 1 saturated carbocycles. The number of halogens is 2. The molecule has 0 saturated heterocycles. The zero-order valence-corrected chi connectivity index (χ0v) is 10.3. The second-order valence-corrected chi connectivity index (χ2v) is 4.67. The van der Waals surface area contributed by atoms with Gasteiger partial charge in [-0.15, -0.1) is 0 Å². The summed E-state index contributed by atoms with van der Waals surface area (Å²) in [5.74, 6) is -3.99. The molecule has 0 aromatic carbocycles. The van der Waals surface area contributed by atoms with Gasteiger partial charge in [-0.1, -0.05) is 0 Å². The van der Waals surface area contributed by atoms with E-state index in [-0.39, 0.29) is 17.9 Å².